The normalized spacial score (nSPS) is 17.9. The SMILES string of the molecule is O=C(O)CN1CCC(n2cnc3cc(F)c(Cl)cc3c2=O)C1=O. The van der Waals surface area contributed by atoms with Crippen molar-refractivity contribution in [2.24, 2.45) is 0 Å². The third-order valence-corrected chi connectivity index (χ3v) is 4.05. The second-order valence-corrected chi connectivity index (χ2v) is 5.61. The van der Waals surface area contributed by atoms with Gasteiger partial charge in [-0.15, -0.1) is 0 Å². The number of rotatable bonds is 3. The molecule has 0 saturated carbocycles. The molecule has 23 heavy (non-hydrogen) atoms. The van der Waals surface area contributed by atoms with Crippen LogP contribution < -0.4 is 5.56 Å². The predicted molar refractivity (Wildman–Crippen MR) is 78.8 cm³/mol. The number of nitrogens with zero attached hydrogens (tertiary/aromatic N) is 3. The second-order valence-electron chi connectivity index (χ2n) is 5.20. The van der Waals surface area contributed by atoms with Crippen molar-refractivity contribution >= 4 is 34.4 Å². The lowest BCUT2D eigenvalue weighted by molar-refractivity contribution is -0.143. The van der Waals surface area contributed by atoms with Crippen molar-refractivity contribution in [1.82, 2.24) is 14.5 Å². The van der Waals surface area contributed by atoms with Crippen LogP contribution in [0.2, 0.25) is 5.02 Å². The minimum atomic E-state index is -1.12. The summed E-state index contributed by atoms with van der Waals surface area (Å²) >= 11 is 5.69. The summed E-state index contributed by atoms with van der Waals surface area (Å²) in [6, 6.07) is 1.41. The van der Waals surface area contributed by atoms with Crippen molar-refractivity contribution in [3.63, 3.8) is 0 Å². The molecule has 1 atom stereocenters. The highest BCUT2D eigenvalue weighted by Gasteiger charge is 2.34. The fourth-order valence-electron chi connectivity index (χ4n) is 2.65. The molecule has 120 valence electrons. The molecule has 0 bridgehead atoms. The average molecular weight is 340 g/mol. The number of carboxylic acid groups (broad SMARTS) is 1. The van der Waals surface area contributed by atoms with Gasteiger partial charge < -0.3 is 10.0 Å². The highest BCUT2D eigenvalue weighted by molar-refractivity contribution is 6.31. The van der Waals surface area contributed by atoms with E-state index < -0.39 is 35.8 Å². The summed E-state index contributed by atoms with van der Waals surface area (Å²) in [5.41, 5.74) is -0.381. The van der Waals surface area contributed by atoms with Crippen molar-refractivity contribution < 1.29 is 19.1 Å². The summed E-state index contributed by atoms with van der Waals surface area (Å²) < 4.78 is 14.6. The zero-order valence-corrected chi connectivity index (χ0v) is 12.5. The van der Waals surface area contributed by atoms with Gasteiger partial charge in [0.2, 0.25) is 5.91 Å². The van der Waals surface area contributed by atoms with Gasteiger partial charge >= 0.3 is 5.97 Å². The molecule has 1 amide bonds. The van der Waals surface area contributed by atoms with Gasteiger partial charge in [0.25, 0.3) is 5.56 Å². The quantitative estimate of drug-likeness (QED) is 0.902. The lowest BCUT2D eigenvalue weighted by atomic mass is 10.2. The molecule has 2 aromatic rings. The first-order chi connectivity index (χ1) is 10.9. The van der Waals surface area contributed by atoms with Gasteiger partial charge in [0.15, 0.2) is 0 Å². The summed E-state index contributed by atoms with van der Waals surface area (Å²) in [5, 5.41) is 8.67. The first-order valence-electron chi connectivity index (χ1n) is 6.75. The number of likely N-dealkylation sites (tertiary alicyclic amines) is 1. The van der Waals surface area contributed by atoms with Gasteiger partial charge in [-0.2, -0.15) is 0 Å². The van der Waals surface area contributed by atoms with Crippen molar-refractivity contribution in [3.05, 3.63) is 39.7 Å². The topological polar surface area (TPSA) is 92.5 Å². The molecule has 1 N–H and O–H groups in total. The molecule has 1 fully saturated rings. The lowest BCUT2D eigenvalue weighted by Gasteiger charge is -2.15. The molecule has 1 unspecified atom stereocenters. The van der Waals surface area contributed by atoms with E-state index in [4.69, 9.17) is 16.7 Å². The van der Waals surface area contributed by atoms with E-state index in [0.717, 1.165) is 10.6 Å². The zero-order chi connectivity index (χ0) is 16.7. The lowest BCUT2D eigenvalue weighted by Crippen LogP contribution is -2.35. The smallest absolute Gasteiger partial charge is 0.323 e. The number of aromatic nitrogens is 2. The van der Waals surface area contributed by atoms with Crippen LogP contribution >= 0.6 is 11.6 Å². The molecular formula is C14H11ClFN3O4. The molecule has 3 rings (SSSR count). The van der Waals surface area contributed by atoms with Gasteiger partial charge in [-0.3, -0.25) is 19.0 Å². The van der Waals surface area contributed by atoms with Crippen LogP contribution in [0, 0.1) is 5.82 Å². The van der Waals surface area contributed by atoms with E-state index in [1.165, 1.54) is 17.3 Å². The van der Waals surface area contributed by atoms with E-state index in [1.807, 2.05) is 0 Å². The monoisotopic (exact) mass is 339 g/mol. The van der Waals surface area contributed by atoms with Gasteiger partial charge in [-0.1, -0.05) is 11.6 Å². The number of fused-ring (bicyclic) bond motifs is 1. The van der Waals surface area contributed by atoms with Gasteiger partial charge in [0, 0.05) is 12.6 Å². The Bertz CT molecular complexity index is 882. The highest BCUT2D eigenvalue weighted by atomic mass is 35.5. The van der Waals surface area contributed by atoms with E-state index >= 15 is 0 Å². The van der Waals surface area contributed by atoms with Crippen molar-refractivity contribution in [1.29, 1.82) is 0 Å². The summed E-state index contributed by atoms with van der Waals surface area (Å²) in [6.45, 7) is -0.174. The van der Waals surface area contributed by atoms with Crippen LogP contribution in [-0.4, -0.2) is 44.5 Å². The number of carbonyl (C=O) groups excluding carboxylic acids is 1. The zero-order valence-electron chi connectivity index (χ0n) is 11.7. The molecule has 0 spiro atoms. The Morgan fingerprint density at radius 3 is 2.87 bits per heavy atom. The largest absolute Gasteiger partial charge is 0.480 e. The molecule has 7 nitrogen and oxygen atoms in total. The van der Waals surface area contributed by atoms with E-state index in [1.54, 1.807) is 0 Å². The number of hydrogen-bond acceptors (Lipinski definition) is 4. The molecule has 1 aliphatic rings. The van der Waals surface area contributed by atoms with Crippen LogP contribution in [0.5, 0.6) is 0 Å². The number of carboxylic acids is 1. The fourth-order valence-corrected chi connectivity index (χ4v) is 2.82. The Morgan fingerprint density at radius 2 is 2.17 bits per heavy atom. The van der Waals surface area contributed by atoms with Crippen molar-refractivity contribution in [2.45, 2.75) is 12.5 Å². The van der Waals surface area contributed by atoms with Gasteiger partial charge in [-0.05, 0) is 12.5 Å². The van der Waals surface area contributed by atoms with E-state index in [2.05, 4.69) is 4.98 Å². The molecule has 1 aromatic carbocycles. The van der Waals surface area contributed by atoms with E-state index in [-0.39, 0.29) is 22.5 Å². The van der Waals surface area contributed by atoms with Crippen LogP contribution in [0.25, 0.3) is 10.9 Å². The molecule has 9 heteroatoms. The molecule has 2 heterocycles. The summed E-state index contributed by atoms with van der Waals surface area (Å²) in [4.78, 5) is 40.6. The molecule has 1 aliphatic heterocycles. The molecular weight excluding hydrogens is 329 g/mol. The molecule has 1 aromatic heterocycles. The highest BCUT2D eigenvalue weighted by Crippen LogP contribution is 2.23. The number of hydrogen-bond donors (Lipinski definition) is 1. The number of halogens is 2. The Morgan fingerprint density at radius 1 is 1.43 bits per heavy atom. The average Bonchev–Trinajstić information content (AvgIpc) is 2.82. The first kappa shape index (κ1) is 15.4. The van der Waals surface area contributed by atoms with Crippen LogP contribution in [0.4, 0.5) is 4.39 Å². The maximum Gasteiger partial charge on any atom is 0.323 e. The fraction of sp³-hybridized carbons (Fsp3) is 0.286. The first-order valence-corrected chi connectivity index (χ1v) is 7.12. The minimum absolute atomic E-state index is 0.100. The minimum Gasteiger partial charge on any atom is -0.480 e. The molecule has 0 aliphatic carbocycles. The van der Waals surface area contributed by atoms with Crippen LogP contribution in [-0.2, 0) is 9.59 Å². The van der Waals surface area contributed by atoms with Crippen molar-refractivity contribution in [3.8, 4) is 0 Å². The maximum absolute atomic E-state index is 13.4. The van der Waals surface area contributed by atoms with E-state index in [0.29, 0.717) is 6.42 Å². The Hall–Kier alpha value is -2.48. The standard InChI is InChI=1S/C14H11ClFN3O4/c15-8-3-7-10(4-9(8)16)17-6-19(13(7)22)11-1-2-18(14(11)23)5-12(20)21/h3-4,6,11H,1-2,5H2,(H,20,21). The summed E-state index contributed by atoms with van der Waals surface area (Å²) in [6.07, 6.45) is 1.47. The second kappa shape index (κ2) is 5.62. The van der Waals surface area contributed by atoms with Crippen LogP contribution in [0.1, 0.15) is 12.5 Å². The number of aliphatic carboxylic acids is 1. The van der Waals surface area contributed by atoms with Gasteiger partial charge in [-0.25, -0.2) is 9.37 Å². The predicted octanol–water partition coefficient (Wildman–Crippen LogP) is 1.05. The Kier molecular flexibility index (Phi) is 3.77. The summed E-state index contributed by atoms with van der Waals surface area (Å²) in [5.74, 6) is -2.26. The summed E-state index contributed by atoms with van der Waals surface area (Å²) in [7, 11) is 0. The van der Waals surface area contributed by atoms with Gasteiger partial charge in [0.05, 0.1) is 22.3 Å². The molecule has 0 radical (unpaired) electrons. The number of amides is 1. The Labute approximate surface area is 133 Å². The van der Waals surface area contributed by atoms with Crippen LogP contribution in [0.15, 0.2) is 23.3 Å². The van der Waals surface area contributed by atoms with Crippen molar-refractivity contribution in [2.75, 3.05) is 13.1 Å². The molecule has 1 saturated heterocycles. The number of carbonyl (C=O) groups is 2. The van der Waals surface area contributed by atoms with E-state index in [9.17, 15) is 18.8 Å². The number of benzene rings is 1. The third-order valence-electron chi connectivity index (χ3n) is 3.76. The van der Waals surface area contributed by atoms with Gasteiger partial charge in [0.1, 0.15) is 18.4 Å². The third kappa shape index (κ3) is 2.65. The van der Waals surface area contributed by atoms with Crippen LogP contribution in [0.3, 0.4) is 0 Å². The Balaban J connectivity index is 2.03. The maximum atomic E-state index is 13.4.